The van der Waals surface area contributed by atoms with Gasteiger partial charge in [-0.1, -0.05) is 76.6 Å². The molecule has 140 valence electrons. The van der Waals surface area contributed by atoms with Crippen LogP contribution in [-0.4, -0.2) is 26.8 Å². The van der Waals surface area contributed by atoms with Gasteiger partial charge in [-0.05, 0) is 18.6 Å². The third kappa shape index (κ3) is 5.80. The molecule has 2 heterocycles. The number of hydrogen-bond donors (Lipinski definition) is 2. The molecule has 0 aliphatic carbocycles. The molecule has 0 saturated heterocycles. The lowest BCUT2D eigenvalue weighted by molar-refractivity contribution is -0.113. The van der Waals surface area contributed by atoms with E-state index in [0.29, 0.717) is 37.6 Å². The van der Waals surface area contributed by atoms with Crippen molar-refractivity contribution >= 4 is 63.2 Å². The Labute approximate surface area is 174 Å². The van der Waals surface area contributed by atoms with Gasteiger partial charge in [-0.25, -0.2) is 4.98 Å². The van der Waals surface area contributed by atoms with Crippen molar-refractivity contribution in [1.29, 1.82) is 0 Å². The maximum Gasteiger partial charge on any atom is 0.236 e. The molecule has 0 fully saturated rings. The zero-order valence-corrected chi connectivity index (χ0v) is 17.3. The molecule has 0 unspecified atom stereocenters. The van der Waals surface area contributed by atoms with Gasteiger partial charge < -0.3 is 10.6 Å². The summed E-state index contributed by atoms with van der Waals surface area (Å²) in [5, 5.41) is 15.5. The lowest BCUT2D eigenvalue weighted by Gasteiger charge is -2.07. The van der Waals surface area contributed by atoms with Crippen LogP contribution in [0.3, 0.4) is 0 Å². The van der Waals surface area contributed by atoms with Crippen LogP contribution in [0, 0.1) is 6.92 Å². The number of carbonyl (C=O) groups is 1. The predicted octanol–water partition coefficient (Wildman–Crippen LogP) is 4.89. The Morgan fingerprint density at radius 2 is 1.96 bits per heavy atom. The van der Waals surface area contributed by atoms with Crippen molar-refractivity contribution in [1.82, 2.24) is 15.2 Å². The minimum Gasteiger partial charge on any atom is -0.356 e. The van der Waals surface area contributed by atoms with E-state index in [1.807, 2.05) is 30.3 Å². The fourth-order valence-corrected chi connectivity index (χ4v) is 4.01. The Bertz CT molecular complexity index is 936. The second kappa shape index (κ2) is 9.36. The highest BCUT2D eigenvalue weighted by Gasteiger charge is 2.12. The van der Waals surface area contributed by atoms with E-state index in [2.05, 4.69) is 25.8 Å². The molecular weight excluding hydrogens is 425 g/mol. The molecule has 0 spiro atoms. The molecule has 0 bridgehead atoms. The number of halogens is 2. The van der Waals surface area contributed by atoms with Crippen LogP contribution in [0.1, 0.15) is 11.3 Å². The summed E-state index contributed by atoms with van der Waals surface area (Å²) < 4.78 is 0.701. The Morgan fingerprint density at radius 3 is 2.74 bits per heavy atom. The number of benzene rings is 1. The van der Waals surface area contributed by atoms with Crippen LogP contribution >= 0.6 is 46.3 Å². The first-order chi connectivity index (χ1) is 13.0. The highest BCUT2D eigenvalue weighted by atomic mass is 35.5. The highest BCUT2D eigenvalue weighted by Crippen LogP contribution is 2.28. The van der Waals surface area contributed by atoms with Gasteiger partial charge in [0.15, 0.2) is 10.2 Å². The van der Waals surface area contributed by atoms with E-state index < -0.39 is 0 Å². The van der Waals surface area contributed by atoms with Crippen molar-refractivity contribution in [3.63, 3.8) is 0 Å². The first kappa shape index (κ1) is 19.9. The van der Waals surface area contributed by atoms with E-state index >= 15 is 0 Å². The topological polar surface area (TPSA) is 79.8 Å². The summed E-state index contributed by atoms with van der Waals surface area (Å²) in [5.74, 6) is 0.240. The molecule has 0 aliphatic rings. The maximum absolute atomic E-state index is 12.1. The first-order valence-corrected chi connectivity index (χ1v) is 10.4. The van der Waals surface area contributed by atoms with Crippen molar-refractivity contribution in [2.24, 2.45) is 0 Å². The van der Waals surface area contributed by atoms with E-state index in [1.54, 1.807) is 13.0 Å². The number of aromatic nitrogens is 3. The SMILES string of the molecule is Cc1nc(NC(=O)CSc2nnc(NCc3ccccc3)s2)c(Cl)cc1Cl. The standard InChI is InChI=1S/C17H15Cl2N5OS2/c1-10-12(18)7-13(19)15(21-10)22-14(25)9-26-17-24-23-16(27-17)20-8-11-5-3-2-4-6-11/h2-7H,8-9H2,1H3,(H,20,23)(H,21,22,25). The van der Waals surface area contributed by atoms with Crippen LogP contribution in [0.15, 0.2) is 40.7 Å². The Balaban J connectivity index is 1.49. The minimum absolute atomic E-state index is 0.174. The lowest BCUT2D eigenvalue weighted by atomic mass is 10.2. The largest absolute Gasteiger partial charge is 0.356 e. The lowest BCUT2D eigenvalue weighted by Crippen LogP contribution is -2.15. The average Bonchev–Trinajstić information content (AvgIpc) is 3.12. The quantitative estimate of drug-likeness (QED) is 0.510. The number of thioether (sulfide) groups is 1. The second-order valence-electron chi connectivity index (χ2n) is 5.44. The summed E-state index contributed by atoms with van der Waals surface area (Å²) >= 11 is 14.7. The van der Waals surface area contributed by atoms with Crippen molar-refractivity contribution in [2.45, 2.75) is 17.8 Å². The summed E-state index contributed by atoms with van der Waals surface area (Å²) in [4.78, 5) is 16.3. The molecule has 3 rings (SSSR count). The van der Waals surface area contributed by atoms with Gasteiger partial charge in [-0.15, -0.1) is 10.2 Å². The number of anilines is 2. The van der Waals surface area contributed by atoms with Crippen LogP contribution in [0.5, 0.6) is 0 Å². The molecule has 1 amide bonds. The number of rotatable bonds is 7. The third-order valence-corrected chi connectivity index (χ3v) is 6.07. The van der Waals surface area contributed by atoms with Crippen LogP contribution in [-0.2, 0) is 11.3 Å². The molecular formula is C17H15Cl2N5OS2. The van der Waals surface area contributed by atoms with Gasteiger partial charge in [-0.3, -0.25) is 4.79 Å². The molecule has 27 heavy (non-hydrogen) atoms. The molecule has 0 saturated carbocycles. The zero-order valence-electron chi connectivity index (χ0n) is 14.2. The van der Waals surface area contributed by atoms with Crippen molar-refractivity contribution in [3.8, 4) is 0 Å². The van der Waals surface area contributed by atoms with Crippen molar-refractivity contribution in [2.75, 3.05) is 16.4 Å². The molecule has 2 N–H and O–H groups in total. The summed E-state index contributed by atoms with van der Waals surface area (Å²) in [6.45, 7) is 2.41. The molecule has 3 aromatic rings. The van der Waals surface area contributed by atoms with Gasteiger partial charge in [0.1, 0.15) is 0 Å². The minimum atomic E-state index is -0.231. The Morgan fingerprint density at radius 1 is 1.19 bits per heavy atom. The Hall–Kier alpha value is -1.87. The molecule has 6 nitrogen and oxygen atoms in total. The summed E-state index contributed by atoms with van der Waals surface area (Å²) in [6.07, 6.45) is 0. The zero-order chi connectivity index (χ0) is 19.2. The van der Waals surface area contributed by atoms with Gasteiger partial charge in [-0.2, -0.15) is 0 Å². The van der Waals surface area contributed by atoms with E-state index in [0.717, 1.165) is 5.56 Å². The molecule has 0 aliphatic heterocycles. The van der Waals surface area contributed by atoms with E-state index in [-0.39, 0.29) is 11.7 Å². The van der Waals surface area contributed by atoms with Crippen molar-refractivity contribution in [3.05, 3.63) is 57.7 Å². The van der Waals surface area contributed by atoms with Crippen LogP contribution in [0.4, 0.5) is 10.9 Å². The monoisotopic (exact) mass is 439 g/mol. The number of nitrogens with zero attached hydrogens (tertiary/aromatic N) is 3. The molecule has 0 atom stereocenters. The first-order valence-electron chi connectivity index (χ1n) is 7.88. The number of amides is 1. The van der Waals surface area contributed by atoms with Gasteiger partial charge in [0.25, 0.3) is 0 Å². The summed E-state index contributed by atoms with van der Waals surface area (Å²) in [7, 11) is 0. The number of carbonyl (C=O) groups excluding carboxylic acids is 1. The van der Waals surface area contributed by atoms with Gasteiger partial charge >= 0.3 is 0 Å². The van der Waals surface area contributed by atoms with Gasteiger partial charge in [0.2, 0.25) is 11.0 Å². The van der Waals surface area contributed by atoms with E-state index in [1.165, 1.54) is 23.1 Å². The van der Waals surface area contributed by atoms with Crippen LogP contribution in [0.2, 0.25) is 10.0 Å². The van der Waals surface area contributed by atoms with Gasteiger partial charge in [0, 0.05) is 6.54 Å². The fourth-order valence-electron chi connectivity index (χ4n) is 2.05. The second-order valence-corrected chi connectivity index (χ2v) is 8.45. The number of pyridine rings is 1. The van der Waals surface area contributed by atoms with Crippen molar-refractivity contribution < 1.29 is 4.79 Å². The van der Waals surface area contributed by atoms with E-state index in [4.69, 9.17) is 23.2 Å². The fraction of sp³-hybridized carbons (Fsp3) is 0.176. The predicted molar refractivity (Wildman–Crippen MR) is 112 cm³/mol. The molecule has 10 heteroatoms. The Kier molecular flexibility index (Phi) is 6.89. The maximum atomic E-state index is 12.1. The number of nitrogens with one attached hydrogen (secondary N) is 2. The smallest absolute Gasteiger partial charge is 0.236 e. The molecule has 1 aromatic carbocycles. The van der Waals surface area contributed by atoms with Crippen LogP contribution < -0.4 is 10.6 Å². The normalized spacial score (nSPS) is 10.6. The summed E-state index contributed by atoms with van der Waals surface area (Å²) in [5.41, 5.74) is 1.76. The van der Waals surface area contributed by atoms with Crippen LogP contribution in [0.25, 0.3) is 0 Å². The third-order valence-electron chi connectivity index (χ3n) is 3.38. The number of hydrogen-bond acceptors (Lipinski definition) is 7. The molecule has 2 aromatic heterocycles. The number of aryl methyl sites for hydroxylation is 1. The molecule has 0 radical (unpaired) electrons. The van der Waals surface area contributed by atoms with E-state index in [9.17, 15) is 4.79 Å². The average molecular weight is 440 g/mol. The summed E-state index contributed by atoms with van der Waals surface area (Å²) in [6, 6.07) is 11.6. The van der Waals surface area contributed by atoms with Gasteiger partial charge in [0.05, 0.1) is 21.5 Å². The highest BCUT2D eigenvalue weighted by molar-refractivity contribution is 8.01.